The number of rotatable bonds is 3. The molecule has 4 heterocycles. The van der Waals surface area contributed by atoms with Crippen LogP contribution in [0.25, 0.3) is 0 Å². The number of hydrogen-bond acceptors (Lipinski definition) is 3. The van der Waals surface area contributed by atoms with Gasteiger partial charge in [0.05, 0.1) is 17.2 Å². The largest absolute Gasteiger partial charge is 0.518 e. The number of anilines is 4. The number of para-hydroxylation sites is 2. The lowest BCUT2D eigenvalue weighted by Gasteiger charge is -2.51. The predicted octanol–water partition coefficient (Wildman–Crippen LogP) is 6.01. The van der Waals surface area contributed by atoms with Gasteiger partial charge >= 0.3 is 12.8 Å². The maximum Gasteiger partial charge on any atom is 0.518 e. The maximum absolute atomic E-state index is 15.5. The fourth-order valence-corrected chi connectivity index (χ4v) is 5.69. The second-order valence-corrected chi connectivity index (χ2v) is 9.16. The Balaban J connectivity index is 1.90. The molecule has 2 atom stereocenters. The van der Waals surface area contributed by atoms with Crippen LogP contribution in [0, 0.1) is 23.3 Å². The lowest BCUT2D eigenvalue weighted by atomic mass is 9.39. The topological polar surface area (TPSA) is 23.3 Å². The highest BCUT2D eigenvalue weighted by Gasteiger charge is 2.71. The molecular weight excluding hydrogens is 431 g/mol. The molecule has 0 saturated carbocycles. The average molecular weight is 455 g/mol. The Morgan fingerprint density at radius 3 is 2.15 bits per heavy atom. The van der Waals surface area contributed by atoms with E-state index in [-0.39, 0.29) is 11.6 Å². The maximum atomic E-state index is 15.5. The molecule has 0 fully saturated rings. The van der Waals surface area contributed by atoms with Crippen molar-refractivity contribution < 1.29 is 22.1 Å². The lowest BCUT2D eigenvalue weighted by Crippen LogP contribution is -2.74. The first-order valence-corrected chi connectivity index (χ1v) is 11.1. The lowest BCUT2D eigenvalue weighted by molar-refractivity contribution is -0.760. The van der Waals surface area contributed by atoms with E-state index in [1.807, 2.05) is 52.0 Å². The molecule has 2 aliphatic heterocycles. The highest BCUT2D eigenvalue weighted by atomic mass is 19.1. The van der Waals surface area contributed by atoms with Crippen molar-refractivity contribution >= 4 is 30.0 Å². The summed E-state index contributed by atoms with van der Waals surface area (Å²) in [5.74, 6) is -2.78. The summed E-state index contributed by atoms with van der Waals surface area (Å²) in [6, 6.07) is 8.93. The molecule has 1 aromatic carbocycles. The molecule has 2 aromatic heterocycles. The summed E-state index contributed by atoms with van der Waals surface area (Å²) in [6.45, 7) is 7.44. The summed E-state index contributed by atoms with van der Waals surface area (Å²) in [5, 5.41) is -0.624. The second kappa shape index (κ2) is 7.20. The van der Waals surface area contributed by atoms with Gasteiger partial charge in [0.2, 0.25) is 5.82 Å². The van der Waals surface area contributed by atoms with Gasteiger partial charge in [-0.15, -0.1) is 0 Å². The number of halogens is 4. The van der Waals surface area contributed by atoms with Crippen molar-refractivity contribution in [1.82, 2.24) is 4.98 Å². The number of fused-ring (bicyclic) bond motifs is 5. The number of hydrogen-bond donors (Lipinski definition) is 0. The molecule has 170 valence electrons. The molecule has 9 heteroatoms. The van der Waals surface area contributed by atoms with Crippen molar-refractivity contribution in [2.24, 2.45) is 0 Å². The van der Waals surface area contributed by atoms with E-state index in [1.54, 1.807) is 14.2 Å². The van der Waals surface area contributed by atoms with Crippen molar-refractivity contribution in [1.29, 1.82) is 0 Å². The Morgan fingerprint density at radius 2 is 1.55 bits per heavy atom. The molecule has 33 heavy (non-hydrogen) atoms. The van der Waals surface area contributed by atoms with Crippen molar-refractivity contribution in [2.75, 3.05) is 9.62 Å². The van der Waals surface area contributed by atoms with Crippen LogP contribution in [0.2, 0.25) is 5.31 Å². The number of pyridine rings is 2. The third-order valence-corrected chi connectivity index (χ3v) is 7.85. The van der Waals surface area contributed by atoms with E-state index in [9.17, 15) is 8.78 Å². The summed E-state index contributed by atoms with van der Waals surface area (Å²) in [5.41, 5.74) is 0.541. The summed E-state index contributed by atoms with van der Waals surface area (Å²) >= 11 is 0. The first kappa shape index (κ1) is 21.7. The molecule has 0 N–H and O–H groups in total. The smallest absolute Gasteiger partial charge is 0.322 e. The minimum absolute atomic E-state index is 0.0366. The normalized spacial score (nSPS) is 23.5. The number of nitrogens with zero attached hydrogens (tertiary/aromatic N) is 4. The van der Waals surface area contributed by atoms with Gasteiger partial charge in [0, 0.05) is 12.1 Å². The van der Waals surface area contributed by atoms with Crippen LogP contribution < -0.4 is 14.2 Å². The van der Waals surface area contributed by atoms with Crippen LogP contribution in [0.3, 0.4) is 0 Å². The third-order valence-electron chi connectivity index (χ3n) is 7.85. The number of aromatic nitrogens is 2. The van der Waals surface area contributed by atoms with Gasteiger partial charge in [-0.1, -0.05) is 32.9 Å². The Labute approximate surface area is 190 Å². The second-order valence-electron chi connectivity index (χ2n) is 9.16. The van der Waals surface area contributed by atoms with Crippen LogP contribution in [0.5, 0.6) is 0 Å². The SMILES string of the molecule is CCC1(C)B2N(c3ncc(F)cc3F)c3ccccc3N2c2c(F)cc(F)c[n+]2C1(C)CC. The standard InChI is InChI=1S/C24H24BF4N4/c1-5-23(3)24(4,6-2)31-14-16(27)12-18(29)22(31)33-20-10-8-7-9-19(20)32(25(23)33)21-17(28)11-15(26)13-30-21/h7-14H,5-6H2,1-4H3/q+1. The van der Waals surface area contributed by atoms with Crippen molar-refractivity contribution in [2.45, 2.75) is 51.4 Å². The summed E-state index contributed by atoms with van der Waals surface area (Å²) < 4.78 is 60.5. The summed E-state index contributed by atoms with van der Waals surface area (Å²) in [4.78, 5) is 7.64. The van der Waals surface area contributed by atoms with Crippen molar-refractivity contribution in [3.63, 3.8) is 0 Å². The fourth-order valence-electron chi connectivity index (χ4n) is 5.69. The minimum Gasteiger partial charge on any atom is -0.322 e. The molecule has 0 saturated heterocycles. The fraction of sp³-hybridized carbons (Fsp3) is 0.333. The Kier molecular flexibility index (Phi) is 4.74. The van der Waals surface area contributed by atoms with E-state index in [0.29, 0.717) is 24.2 Å². The molecule has 0 aliphatic carbocycles. The molecule has 2 aliphatic rings. The monoisotopic (exact) mass is 455 g/mol. The van der Waals surface area contributed by atoms with E-state index in [1.165, 1.54) is 6.20 Å². The quantitative estimate of drug-likeness (QED) is 0.275. The zero-order valence-corrected chi connectivity index (χ0v) is 18.9. The van der Waals surface area contributed by atoms with E-state index >= 15 is 8.78 Å². The van der Waals surface area contributed by atoms with Crippen LogP contribution in [0.1, 0.15) is 40.5 Å². The van der Waals surface area contributed by atoms with Gasteiger partial charge in [0.15, 0.2) is 17.5 Å². The van der Waals surface area contributed by atoms with E-state index in [2.05, 4.69) is 4.98 Å². The highest BCUT2D eigenvalue weighted by Crippen LogP contribution is 2.61. The minimum atomic E-state index is -0.804. The zero-order valence-electron chi connectivity index (χ0n) is 18.9. The zero-order chi connectivity index (χ0) is 23.7. The van der Waals surface area contributed by atoms with Crippen LogP contribution in [0.15, 0.2) is 48.8 Å². The van der Waals surface area contributed by atoms with E-state index < -0.39 is 41.1 Å². The van der Waals surface area contributed by atoms with Gasteiger partial charge < -0.3 is 4.81 Å². The molecular formula is C24H24BF4N4+. The molecule has 0 spiro atoms. The molecule has 2 unspecified atom stereocenters. The first-order valence-electron chi connectivity index (χ1n) is 11.1. The average Bonchev–Trinajstić information content (AvgIpc) is 3.12. The van der Waals surface area contributed by atoms with Crippen molar-refractivity contribution in [3.8, 4) is 0 Å². The highest BCUT2D eigenvalue weighted by molar-refractivity contribution is 6.76. The summed E-state index contributed by atoms with van der Waals surface area (Å²) in [6.07, 6.45) is 3.52. The van der Waals surface area contributed by atoms with Gasteiger partial charge in [-0.05, 0) is 31.9 Å². The predicted molar refractivity (Wildman–Crippen MR) is 120 cm³/mol. The van der Waals surface area contributed by atoms with Gasteiger partial charge in [-0.3, -0.25) is 4.81 Å². The van der Waals surface area contributed by atoms with E-state index in [0.717, 1.165) is 18.3 Å². The van der Waals surface area contributed by atoms with Crippen molar-refractivity contribution in [3.05, 3.63) is 72.1 Å². The molecule has 0 amide bonds. The van der Waals surface area contributed by atoms with Crippen LogP contribution >= 0.6 is 0 Å². The van der Waals surface area contributed by atoms with Gasteiger partial charge in [0.25, 0.3) is 0 Å². The Morgan fingerprint density at radius 1 is 0.909 bits per heavy atom. The van der Waals surface area contributed by atoms with Crippen LogP contribution in [-0.4, -0.2) is 12.0 Å². The molecule has 0 radical (unpaired) electrons. The van der Waals surface area contributed by atoms with E-state index in [4.69, 9.17) is 0 Å². The third kappa shape index (κ3) is 2.71. The molecule has 3 aromatic rings. The Bertz CT molecular complexity index is 1270. The Hall–Kier alpha value is -3.10. The first-order chi connectivity index (χ1) is 15.7. The van der Waals surface area contributed by atoms with Gasteiger partial charge in [0.1, 0.15) is 23.2 Å². The van der Waals surface area contributed by atoms with Gasteiger partial charge in [-0.2, -0.15) is 4.39 Å². The van der Waals surface area contributed by atoms with Crippen LogP contribution in [-0.2, 0) is 5.54 Å². The van der Waals surface area contributed by atoms with Crippen LogP contribution in [0.4, 0.5) is 40.6 Å². The summed E-state index contributed by atoms with van der Waals surface area (Å²) in [7, 11) is 0. The number of benzene rings is 1. The molecule has 0 bridgehead atoms. The van der Waals surface area contributed by atoms with Gasteiger partial charge in [-0.25, -0.2) is 22.7 Å². The molecule has 5 rings (SSSR count). The molecule has 4 nitrogen and oxygen atoms in total.